The van der Waals surface area contributed by atoms with Gasteiger partial charge in [0.25, 0.3) is 10.0 Å². The third kappa shape index (κ3) is 4.06. The molecule has 0 amide bonds. The SMILES string of the molecule is Cc1ccc(NS(=O)(=O)c2ccc3c(c2)CCC3)cc1S(=O)(=O)N1CCCCC1. The standard InChI is InChI=1S/C21H26N2O4S2/c1-16-8-10-19(15-21(16)29(26,27)23-12-3-2-4-13-23)22-28(24,25)20-11-9-17-6-5-7-18(17)14-20/h8-11,14-15,22H,2-7,12-13H2,1H3. The first kappa shape index (κ1) is 20.4. The maximum absolute atomic E-state index is 13.1. The molecule has 0 bridgehead atoms. The number of benzene rings is 2. The number of sulfonamides is 2. The number of nitrogens with zero attached hydrogens (tertiary/aromatic N) is 1. The van der Waals surface area contributed by atoms with Gasteiger partial charge >= 0.3 is 0 Å². The minimum Gasteiger partial charge on any atom is -0.280 e. The normalized spacial score (nSPS) is 17.8. The lowest BCUT2D eigenvalue weighted by molar-refractivity contribution is 0.346. The van der Waals surface area contributed by atoms with Gasteiger partial charge in [0.1, 0.15) is 0 Å². The molecule has 0 atom stereocenters. The van der Waals surface area contributed by atoms with Crippen LogP contribution >= 0.6 is 0 Å². The molecule has 0 aromatic heterocycles. The van der Waals surface area contributed by atoms with E-state index in [1.165, 1.54) is 15.9 Å². The Bertz CT molecular complexity index is 1140. The van der Waals surface area contributed by atoms with Crippen molar-refractivity contribution in [3.8, 4) is 0 Å². The molecule has 1 N–H and O–H groups in total. The topological polar surface area (TPSA) is 83.5 Å². The van der Waals surface area contributed by atoms with Crippen LogP contribution in [0.1, 0.15) is 42.4 Å². The van der Waals surface area contributed by atoms with Crippen LogP contribution in [-0.4, -0.2) is 34.2 Å². The second-order valence-corrected chi connectivity index (χ2v) is 11.4. The fraction of sp³-hybridized carbons (Fsp3) is 0.429. The van der Waals surface area contributed by atoms with Crippen LogP contribution in [0.15, 0.2) is 46.2 Å². The van der Waals surface area contributed by atoms with Crippen molar-refractivity contribution in [3.63, 3.8) is 0 Å². The molecule has 1 fully saturated rings. The average molecular weight is 435 g/mol. The van der Waals surface area contributed by atoms with Crippen molar-refractivity contribution in [3.05, 3.63) is 53.1 Å². The van der Waals surface area contributed by atoms with Crippen molar-refractivity contribution in [1.82, 2.24) is 4.31 Å². The van der Waals surface area contributed by atoms with E-state index >= 15 is 0 Å². The van der Waals surface area contributed by atoms with E-state index in [0.29, 0.717) is 18.7 Å². The van der Waals surface area contributed by atoms with Gasteiger partial charge in [0.2, 0.25) is 10.0 Å². The smallest absolute Gasteiger partial charge is 0.261 e. The van der Waals surface area contributed by atoms with Crippen molar-refractivity contribution in [1.29, 1.82) is 0 Å². The Kier molecular flexibility index (Phi) is 5.44. The number of hydrogen-bond donors (Lipinski definition) is 1. The Morgan fingerprint density at radius 1 is 0.828 bits per heavy atom. The molecular formula is C21H26N2O4S2. The summed E-state index contributed by atoms with van der Waals surface area (Å²) < 4.78 is 56.0. The minimum absolute atomic E-state index is 0.161. The molecule has 4 rings (SSSR count). The van der Waals surface area contributed by atoms with E-state index in [4.69, 9.17) is 0 Å². The summed E-state index contributed by atoms with van der Waals surface area (Å²) in [5.41, 5.74) is 3.14. The first-order valence-electron chi connectivity index (χ1n) is 10.0. The maximum atomic E-state index is 13.1. The third-order valence-electron chi connectivity index (χ3n) is 5.75. The molecule has 1 aliphatic carbocycles. The number of fused-ring (bicyclic) bond motifs is 1. The maximum Gasteiger partial charge on any atom is 0.261 e. The first-order valence-corrected chi connectivity index (χ1v) is 13.0. The van der Waals surface area contributed by atoms with E-state index in [-0.39, 0.29) is 15.5 Å². The lowest BCUT2D eigenvalue weighted by Gasteiger charge is -2.26. The lowest BCUT2D eigenvalue weighted by Crippen LogP contribution is -2.36. The highest BCUT2D eigenvalue weighted by Crippen LogP contribution is 2.29. The van der Waals surface area contributed by atoms with Gasteiger partial charge in [0, 0.05) is 13.1 Å². The number of anilines is 1. The second kappa shape index (κ2) is 7.74. The molecule has 156 valence electrons. The van der Waals surface area contributed by atoms with Crippen LogP contribution in [0.4, 0.5) is 5.69 Å². The van der Waals surface area contributed by atoms with E-state index in [1.54, 1.807) is 31.2 Å². The van der Waals surface area contributed by atoms with Crippen LogP contribution < -0.4 is 4.72 Å². The molecule has 29 heavy (non-hydrogen) atoms. The van der Waals surface area contributed by atoms with Gasteiger partial charge in [-0.1, -0.05) is 18.6 Å². The Morgan fingerprint density at radius 2 is 1.55 bits per heavy atom. The van der Waals surface area contributed by atoms with Gasteiger partial charge in [-0.2, -0.15) is 4.31 Å². The summed E-state index contributed by atoms with van der Waals surface area (Å²) in [5, 5.41) is 0. The van der Waals surface area contributed by atoms with Crippen molar-refractivity contribution in [2.24, 2.45) is 0 Å². The van der Waals surface area contributed by atoms with Crippen molar-refractivity contribution >= 4 is 25.7 Å². The molecule has 1 aliphatic heterocycles. The van der Waals surface area contributed by atoms with Gasteiger partial charge in [0.05, 0.1) is 15.5 Å². The van der Waals surface area contributed by atoms with E-state index in [1.807, 2.05) is 6.07 Å². The summed E-state index contributed by atoms with van der Waals surface area (Å²) in [4.78, 5) is 0.368. The van der Waals surface area contributed by atoms with Crippen molar-refractivity contribution in [2.45, 2.75) is 55.2 Å². The predicted molar refractivity (Wildman–Crippen MR) is 113 cm³/mol. The third-order valence-corrected chi connectivity index (χ3v) is 9.17. The van der Waals surface area contributed by atoms with Crippen LogP contribution in [0.25, 0.3) is 0 Å². The van der Waals surface area contributed by atoms with E-state index < -0.39 is 20.0 Å². The molecular weight excluding hydrogens is 408 g/mol. The Morgan fingerprint density at radius 3 is 2.31 bits per heavy atom. The van der Waals surface area contributed by atoms with E-state index in [2.05, 4.69) is 4.72 Å². The summed E-state index contributed by atoms with van der Waals surface area (Å²) in [5.74, 6) is 0. The van der Waals surface area contributed by atoms with Gasteiger partial charge in [-0.3, -0.25) is 4.72 Å². The van der Waals surface area contributed by atoms with Gasteiger partial charge in [-0.05, 0) is 80.0 Å². The second-order valence-electron chi connectivity index (χ2n) is 7.83. The number of aryl methyl sites for hydroxylation is 3. The molecule has 6 nitrogen and oxygen atoms in total. The average Bonchev–Trinajstić information content (AvgIpc) is 3.18. The predicted octanol–water partition coefficient (Wildman–Crippen LogP) is 3.46. The van der Waals surface area contributed by atoms with Gasteiger partial charge < -0.3 is 0 Å². The molecule has 0 spiro atoms. The van der Waals surface area contributed by atoms with Gasteiger partial charge in [0.15, 0.2) is 0 Å². The molecule has 0 radical (unpaired) electrons. The minimum atomic E-state index is -3.79. The molecule has 8 heteroatoms. The van der Waals surface area contributed by atoms with Crippen molar-refractivity contribution in [2.75, 3.05) is 17.8 Å². The number of hydrogen-bond acceptors (Lipinski definition) is 4. The molecule has 2 aromatic carbocycles. The summed E-state index contributed by atoms with van der Waals surface area (Å²) in [6, 6.07) is 9.91. The van der Waals surface area contributed by atoms with Crippen LogP contribution in [0.3, 0.4) is 0 Å². The summed E-state index contributed by atoms with van der Waals surface area (Å²) >= 11 is 0. The Labute approximate surface area is 173 Å². The Balaban J connectivity index is 1.63. The lowest BCUT2D eigenvalue weighted by atomic mass is 10.1. The Hall–Kier alpha value is -1.90. The molecule has 2 aromatic rings. The number of nitrogens with one attached hydrogen (secondary N) is 1. The molecule has 0 saturated carbocycles. The van der Waals surface area contributed by atoms with E-state index in [9.17, 15) is 16.8 Å². The number of rotatable bonds is 5. The molecule has 0 unspecified atom stereocenters. The highest BCUT2D eigenvalue weighted by molar-refractivity contribution is 7.92. The zero-order chi connectivity index (χ0) is 20.6. The summed E-state index contributed by atoms with van der Waals surface area (Å²) in [6.07, 6.45) is 5.65. The molecule has 1 saturated heterocycles. The number of piperidine rings is 1. The zero-order valence-electron chi connectivity index (χ0n) is 16.5. The van der Waals surface area contributed by atoms with Gasteiger partial charge in [-0.25, -0.2) is 16.8 Å². The quantitative estimate of drug-likeness (QED) is 0.781. The van der Waals surface area contributed by atoms with Crippen LogP contribution in [-0.2, 0) is 32.9 Å². The van der Waals surface area contributed by atoms with Gasteiger partial charge in [-0.15, -0.1) is 0 Å². The zero-order valence-corrected chi connectivity index (χ0v) is 18.2. The summed E-state index contributed by atoms with van der Waals surface area (Å²) in [7, 11) is -7.44. The highest BCUT2D eigenvalue weighted by atomic mass is 32.2. The fourth-order valence-corrected chi connectivity index (χ4v) is 6.98. The largest absolute Gasteiger partial charge is 0.280 e. The summed E-state index contributed by atoms with van der Waals surface area (Å²) in [6.45, 7) is 2.75. The van der Waals surface area contributed by atoms with Crippen LogP contribution in [0, 0.1) is 6.92 Å². The van der Waals surface area contributed by atoms with Crippen LogP contribution in [0.2, 0.25) is 0 Å². The fourth-order valence-electron chi connectivity index (χ4n) is 4.12. The van der Waals surface area contributed by atoms with E-state index in [0.717, 1.165) is 44.1 Å². The first-order chi connectivity index (χ1) is 13.8. The highest BCUT2D eigenvalue weighted by Gasteiger charge is 2.28. The molecule has 2 aliphatic rings. The van der Waals surface area contributed by atoms with Crippen LogP contribution in [0.5, 0.6) is 0 Å². The molecule has 1 heterocycles. The monoisotopic (exact) mass is 434 g/mol. The van der Waals surface area contributed by atoms with Crippen molar-refractivity contribution < 1.29 is 16.8 Å².